The fourth-order valence-electron chi connectivity index (χ4n) is 0.555. The van der Waals surface area contributed by atoms with Gasteiger partial charge < -0.3 is 10.9 Å². The summed E-state index contributed by atoms with van der Waals surface area (Å²) in [7, 11) is 0. The van der Waals surface area contributed by atoms with E-state index in [1.807, 2.05) is 0 Å². The second-order valence-electron chi connectivity index (χ2n) is 1.58. The van der Waals surface area contributed by atoms with Gasteiger partial charge in [-0.25, -0.2) is 5.84 Å². The lowest BCUT2D eigenvalue weighted by atomic mass is 10.4. The highest BCUT2D eigenvalue weighted by Gasteiger charge is 1.97. The average molecular weight is 140 g/mol. The summed E-state index contributed by atoms with van der Waals surface area (Å²) in [5.74, 6) is 10.6. The van der Waals surface area contributed by atoms with Crippen molar-refractivity contribution in [2.75, 3.05) is 10.9 Å². The molecule has 0 aliphatic heterocycles. The number of nitrogen functional groups attached to an aromatic ring is 2. The topological polar surface area (TPSA) is 102 Å². The zero-order chi connectivity index (χ0) is 7.40. The van der Waals surface area contributed by atoms with E-state index in [9.17, 15) is 0 Å². The smallest absolute Gasteiger partial charge is 0.187 e. The number of anilines is 2. The number of aromatic nitrogens is 2. The molecule has 0 aliphatic rings. The Bertz CT molecular complexity index is 188. The molecular formula is C4H8N6. The van der Waals surface area contributed by atoms with Crippen LogP contribution < -0.4 is 22.5 Å². The van der Waals surface area contributed by atoms with Crippen molar-refractivity contribution < 1.29 is 0 Å². The molecule has 0 aromatic carbocycles. The third kappa shape index (κ3) is 1.12. The summed E-state index contributed by atoms with van der Waals surface area (Å²) in [6.45, 7) is 0. The van der Waals surface area contributed by atoms with Crippen LogP contribution in [0.4, 0.5) is 11.5 Å². The van der Waals surface area contributed by atoms with Crippen LogP contribution in [-0.2, 0) is 0 Å². The molecule has 0 spiro atoms. The molecule has 0 saturated carbocycles. The maximum absolute atomic E-state index is 5.11. The van der Waals surface area contributed by atoms with Gasteiger partial charge in [-0.05, 0) is 6.07 Å². The molecule has 0 radical (unpaired) electrons. The van der Waals surface area contributed by atoms with Gasteiger partial charge in [0, 0.05) is 0 Å². The molecule has 6 N–H and O–H groups in total. The Morgan fingerprint density at radius 3 is 2.60 bits per heavy atom. The van der Waals surface area contributed by atoms with Gasteiger partial charge in [-0.1, -0.05) is 0 Å². The quantitative estimate of drug-likeness (QED) is 0.312. The van der Waals surface area contributed by atoms with E-state index >= 15 is 0 Å². The molecule has 0 fully saturated rings. The maximum Gasteiger partial charge on any atom is 0.187 e. The lowest BCUT2D eigenvalue weighted by Gasteiger charge is -2.03. The van der Waals surface area contributed by atoms with E-state index < -0.39 is 0 Å². The number of rotatable bonds is 2. The molecule has 0 amide bonds. The Hall–Kier alpha value is -1.40. The first-order valence-electron chi connectivity index (χ1n) is 2.63. The van der Waals surface area contributed by atoms with Crippen LogP contribution in [0.5, 0.6) is 0 Å². The molecule has 54 valence electrons. The Labute approximate surface area is 57.6 Å². The summed E-state index contributed by atoms with van der Waals surface area (Å²) in [6, 6.07) is 1.65. The van der Waals surface area contributed by atoms with Crippen LogP contribution in [0.25, 0.3) is 0 Å². The van der Waals surface area contributed by atoms with Gasteiger partial charge in [0.05, 0.1) is 11.9 Å². The first-order valence-corrected chi connectivity index (χ1v) is 2.63. The van der Waals surface area contributed by atoms with Gasteiger partial charge in [-0.3, -0.25) is 5.84 Å². The van der Waals surface area contributed by atoms with E-state index in [2.05, 4.69) is 21.0 Å². The van der Waals surface area contributed by atoms with Crippen LogP contribution in [-0.4, -0.2) is 10.2 Å². The van der Waals surface area contributed by atoms with E-state index in [-0.39, 0.29) is 0 Å². The number of hydrogen-bond acceptors (Lipinski definition) is 6. The summed E-state index contributed by atoms with van der Waals surface area (Å²) in [4.78, 5) is 0. The fourth-order valence-corrected chi connectivity index (χ4v) is 0.555. The van der Waals surface area contributed by atoms with Crippen molar-refractivity contribution in [1.82, 2.24) is 10.2 Å². The summed E-state index contributed by atoms with van der Waals surface area (Å²) in [5, 5.41) is 7.22. The average Bonchev–Trinajstić information content (AvgIpc) is 2.04. The molecular weight excluding hydrogens is 132 g/mol. The minimum absolute atomic E-state index is 0.421. The molecule has 0 aliphatic carbocycles. The third-order valence-corrected chi connectivity index (χ3v) is 1.01. The van der Waals surface area contributed by atoms with Gasteiger partial charge in [0.2, 0.25) is 0 Å². The molecule has 6 heteroatoms. The van der Waals surface area contributed by atoms with Crippen LogP contribution in [0.3, 0.4) is 0 Å². The number of hydrogen-bond donors (Lipinski definition) is 4. The number of nitrogens with one attached hydrogen (secondary N) is 2. The van der Waals surface area contributed by atoms with E-state index in [1.165, 1.54) is 6.20 Å². The number of hydrazine groups is 2. The largest absolute Gasteiger partial charge is 0.321 e. The summed E-state index contributed by atoms with van der Waals surface area (Å²) in [5.41, 5.74) is 5.34. The molecule has 0 saturated heterocycles. The monoisotopic (exact) mass is 140 g/mol. The summed E-state index contributed by atoms with van der Waals surface area (Å²) in [6.07, 6.45) is 1.51. The van der Waals surface area contributed by atoms with Crippen molar-refractivity contribution in [3.63, 3.8) is 0 Å². The van der Waals surface area contributed by atoms with Crippen LogP contribution in [0.1, 0.15) is 0 Å². The molecule has 0 bridgehead atoms. The van der Waals surface area contributed by atoms with E-state index in [1.54, 1.807) is 6.07 Å². The highest BCUT2D eigenvalue weighted by atomic mass is 15.3. The molecule has 0 atom stereocenters. The van der Waals surface area contributed by atoms with Crippen molar-refractivity contribution >= 4 is 11.5 Å². The second kappa shape index (κ2) is 2.95. The van der Waals surface area contributed by atoms with E-state index in [0.717, 1.165) is 0 Å². The summed E-state index contributed by atoms with van der Waals surface area (Å²) >= 11 is 0. The van der Waals surface area contributed by atoms with Crippen molar-refractivity contribution in [1.29, 1.82) is 0 Å². The standard InChI is InChI=1S/C4H8N6/c5-8-3-1-2-7-10-4(3)9-6/h1-2H,5-6H2,(H,7,8)(H,9,10). The molecule has 0 unspecified atom stereocenters. The van der Waals surface area contributed by atoms with Crippen LogP contribution in [0.15, 0.2) is 12.3 Å². The fraction of sp³-hybridized carbons (Fsp3) is 0. The first-order chi connectivity index (χ1) is 4.88. The minimum Gasteiger partial charge on any atom is -0.321 e. The first kappa shape index (κ1) is 6.72. The van der Waals surface area contributed by atoms with E-state index in [4.69, 9.17) is 11.7 Å². The zero-order valence-corrected chi connectivity index (χ0v) is 5.20. The van der Waals surface area contributed by atoms with Gasteiger partial charge in [0.1, 0.15) is 0 Å². The SMILES string of the molecule is NNc1ccnnc1NN. The summed E-state index contributed by atoms with van der Waals surface area (Å²) < 4.78 is 0. The van der Waals surface area contributed by atoms with Crippen molar-refractivity contribution in [2.45, 2.75) is 0 Å². The molecule has 6 nitrogen and oxygen atoms in total. The molecule has 10 heavy (non-hydrogen) atoms. The van der Waals surface area contributed by atoms with Gasteiger partial charge in [0.25, 0.3) is 0 Å². The van der Waals surface area contributed by atoms with Gasteiger partial charge in [0.15, 0.2) is 5.82 Å². The van der Waals surface area contributed by atoms with Crippen LogP contribution in [0.2, 0.25) is 0 Å². The van der Waals surface area contributed by atoms with Gasteiger partial charge in [-0.2, -0.15) is 5.10 Å². The Balaban J connectivity index is 2.96. The van der Waals surface area contributed by atoms with Crippen molar-refractivity contribution in [3.05, 3.63) is 12.3 Å². The third-order valence-electron chi connectivity index (χ3n) is 1.01. The van der Waals surface area contributed by atoms with Gasteiger partial charge >= 0.3 is 0 Å². The second-order valence-corrected chi connectivity index (χ2v) is 1.58. The van der Waals surface area contributed by atoms with Gasteiger partial charge in [-0.15, -0.1) is 5.10 Å². The number of nitrogens with zero attached hydrogens (tertiary/aromatic N) is 2. The Morgan fingerprint density at radius 1 is 1.30 bits per heavy atom. The predicted molar refractivity (Wildman–Crippen MR) is 37.7 cm³/mol. The zero-order valence-electron chi connectivity index (χ0n) is 5.20. The van der Waals surface area contributed by atoms with Crippen LogP contribution in [0, 0.1) is 0 Å². The molecule has 1 rings (SSSR count). The Morgan fingerprint density at radius 2 is 2.10 bits per heavy atom. The normalized spacial score (nSPS) is 9.00. The lowest BCUT2D eigenvalue weighted by molar-refractivity contribution is 1.02. The molecule has 1 aromatic rings. The molecule has 1 aromatic heterocycles. The number of nitrogens with two attached hydrogens (primary N) is 2. The highest BCUT2D eigenvalue weighted by molar-refractivity contribution is 5.61. The lowest BCUT2D eigenvalue weighted by Crippen LogP contribution is -2.15. The Kier molecular flexibility index (Phi) is 1.98. The minimum atomic E-state index is 0.421. The van der Waals surface area contributed by atoms with E-state index in [0.29, 0.717) is 11.5 Å². The van der Waals surface area contributed by atoms with Crippen LogP contribution >= 0.6 is 0 Å². The predicted octanol–water partition coefficient (Wildman–Crippen LogP) is -0.952. The maximum atomic E-state index is 5.11. The highest BCUT2D eigenvalue weighted by Crippen LogP contribution is 2.12. The van der Waals surface area contributed by atoms with Crippen molar-refractivity contribution in [3.8, 4) is 0 Å². The van der Waals surface area contributed by atoms with Crippen molar-refractivity contribution in [2.24, 2.45) is 11.7 Å². The molecule has 1 heterocycles.